The number of hydrogen-bond acceptors (Lipinski definition) is 2. The summed E-state index contributed by atoms with van der Waals surface area (Å²) in [5.74, 6) is -0.375. The molecule has 0 saturated heterocycles. The Hall–Kier alpha value is -2.55. The average Bonchev–Trinajstić information content (AvgIpc) is 2.82. The van der Waals surface area contributed by atoms with Crippen LogP contribution in [0.5, 0.6) is 0 Å². The molecule has 1 heterocycles. The number of hydrogen-bond donors (Lipinski definition) is 1. The van der Waals surface area contributed by atoms with E-state index >= 15 is 0 Å². The predicted molar refractivity (Wildman–Crippen MR) is 68.6 cm³/mol. The summed E-state index contributed by atoms with van der Waals surface area (Å²) in [5.41, 5.74) is 1.60. The number of furan rings is 1. The van der Waals surface area contributed by atoms with Crippen molar-refractivity contribution in [2.24, 2.45) is 0 Å². The first kappa shape index (κ1) is 10.6. The highest BCUT2D eigenvalue weighted by Crippen LogP contribution is 2.29. The van der Waals surface area contributed by atoms with E-state index in [0.29, 0.717) is 11.3 Å². The summed E-state index contributed by atoms with van der Waals surface area (Å²) in [6, 6.07) is 16.3. The lowest BCUT2D eigenvalue weighted by atomic mass is 10.1. The maximum atomic E-state index is 11.2. The maximum Gasteiger partial charge on any atom is 0.336 e. The molecule has 3 rings (SSSR count). The number of para-hydroxylation sites is 1. The van der Waals surface area contributed by atoms with E-state index < -0.39 is 5.97 Å². The van der Waals surface area contributed by atoms with E-state index in [1.165, 1.54) is 0 Å². The molecule has 3 heteroatoms. The van der Waals surface area contributed by atoms with Gasteiger partial charge >= 0.3 is 5.97 Å². The third-order valence-corrected chi connectivity index (χ3v) is 2.85. The van der Waals surface area contributed by atoms with Gasteiger partial charge in [0.1, 0.15) is 11.3 Å². The molecule has 0 aliphatic carbocycles. The van der Waals surface area contributed by atoms with Crippen LogP contribution in [-0.2, 0) is 0 Å². The minimum atomic E-state index is -0.953. The molecule has 0 aliphatic rings. The second-order valence-electron chi connectivity index (χ2n) is 4.00. The van der Waals surface area contributed by atoms with Crippen LogP contribution in [0.3, 0.4) is 0 Å². The molecule has 0 unspecified atom stereocenters. The molecule has 0 bridgehead atoms. The molecule has 0 atom stereocenters. The zero-order chi connectivity index (χ0) is 12.5. The minimum Gasteiger partial charge on any atom is -0.478 e. The van der Waals surface area contributed by atoms with E-state index in [-0.39, 0.29) is 5.56 Å². The smallest absolute Gasteiger partial charge is 0.336 e. The van der Waals surface area contributed by atoms with Crippen molar-refractivity contribution in [1.29, 1.82) is 0 Å². The van der Waals surface area contributed by atoms with Crippen LogP contribution in [0.2, 0.25) is 0 Å². The second kappa shape index (κ2) is 4.04. The van der Waals surface area contributed by atoms with Crippen LogP contribution in [0.25, 0.3) is 22.3 Å². The SMILES string of the molecule is O=C(O)c1ccccc1-c1cc2ccccc2o1. The lowest BCUT2D eigenvalue weighted by Gasteiger charge is -2.01. The Bertz CT molecular complexity index is 692. The van der Waals surface area contributed by atoms with Crippen molar-refractivity contribution in [1.82, 2.24) is 0 Å². The molecule has 0 radical (unpaired) electrons. The molecule has 0 saturated carbocycles. The Morgan fingerprint density at radius 1 is 1.00 bits per heavy atom. The lowest BCUT2D eigenvalue weighted by Crippen LogP contribution is -1.98. The van der Waals surface area contributed by atoms with Gasteiger partial charge in [-0.25, -0.2) is 4.79 Å². The topological polar surface area (TPSA) is 50.4 Å². The fraction of sp³-hybridized carbons (Fsp3) is 0. The number of fused-ring (bicyclic) bond motifs is 1. The van der Waals surface area contributed by atoms with Crippen molar-refractivity contribution in [2.75, 3.05) is 0 Å². The summed E-state index contributed by atoms with van der Waals surface area (Å²) in [5, 5.41) is 10.1. The van der Waals surface area contributed by atoms with E-state index in [1.54, 1.807) is 24.3 Å². The quantitative estimate of drug-likeness (QED) is 0.738. The fourth-order valence-electron chi connectivity index (χ4n) is 2.00. The molecule has 3 nitrogen and oxygen atoms in total. The standard InChI is InChI=1S/C15H10O3/c16-15(17)12-7-3-2-6-11(12)14-9-10-5-1-4-8-13(10)18-14/h1-9H,(H,16,17). The van der Waals surface area contributed by atoms with Crippen LogP contribution in [0, 0.1) is 0 Å². The van der Waals surface area contributed by atoms with Gasteiger partial charge in [0.25, 0.3) is 0 Å². The zero-order valence-corrected chi connectivity index (χ0v) is 9.46. The van der Waals surface area contributed by atoms with Crippen LogP contribution in [0.1, 0.15) is 10.4 Å². The van der Waals surface area contributed by atoms with Crippen LogP contribution >= 0.6 is 0 Å². The predicted octanol–water partition coefficient (Wildman–Crippen LogP) is 3.80. The van der Waals surface area contributed by atoms with E-state index in [4.69, 9.17) is 9.52 Å². The summed E-state index contributed by atoms with van der Waals surface area (Å²) < 4.78 is 5.68. The van der Waals surface area contributed by atoms with Crippen LogP contribution in [-0.4, -0.2) is 11.1 Å². The Labute approximate surface area is 103 Å². The van der Waals surface area contributed by atoms with Crippen LogP contribution in [0.15, 0.2) is 59.0 Å². The highest BCUT2D eigenvalue weighted by atomic mass is 16.4. The van der Waals surface area contributed by atoms with Crippen molar-refractivity contribution >= 4 is 16.9 Å². The number of rotatable bonds is 2. The molecule has 88 valence electrons. The highest BCUT2D eigenvalue weighted by Gasteiger charge is 2.14. The van der Waals surface area contributed by atoms with Gasteiger partial charge in [0.2, 0.25) is 0 Å². The molecule has 2 aromatic carbocycles. The Morgan fingerprint density at radius 2 is 1.72 bits per heavy atom. The van der Waals surface area contributed by atoms with Gasteiger partial charge in [-0.2, -0.15) is 0 Å². The van der Waals surface area contributed by atoms with Gasteiger partial charge in [-0.15, -0.1) is 0 Å². The molecule has 0 fully saturated rings. The van der Waals surface area contributed by atoms with Gasteiger partial charge in [-0.1, -0.05) is 36.4 Å². The van der Waals surface area contributed by atoms with Crippen molar-refractivity contribution in [2.45, 2.75) is 0 Å². The molecule has 1 N–H and O–H groups in total. The Kier molecular flexibility index (Phi) is 2.38. The first-order chi connectivity index (χ1) is 8.75. The molecular weight excluding hydrogens is 228 g/mol. The van der Waals surface area contributed by atoms with Gasteiger partial charge < -0.3 is 9.52 Å². The molecule has 18 heavy (non-hydrogen) atoms. The van der Waals surface area contributed by atoms with Gasteiger partial charge in [0, 0.05) is 10.9 Å². The number of aromatic carboxylic acids is 1. The summed E-state index contributed by atoms with van der Waals surface area (Å²) in [4.78, 5) is 11.2. The molecule has 0 spiro atoms. The number of carbonyl (C=O) groups is 1. The molecule has 0 aliphatic heterocycles. The number of carboxylic acid groups (broad SMARTS) is 1. The lowest BCUT2D eigenvalue weighted by molar-refractivity contribution is 0.0697. The zero-order valence-electron chi connectivity index (χ0n) is 9.46. The number of carboxylic acids is 1. The summed E-state index contributed by atoms with van der Waals surface area (Å²) in [7, 11) is 0. The van der Waals surface area contributed by atoms with Crippen molar-refractivity contribution in [3.05, 3.63) is 60.2 Å². The van der Waals surface area contributed by atoms with E-state index in [2.05, 4.69) is 0 Å². The van der Waals surface area contributed by atoms with Gasteiger partial charge in [0.15, 0.2) is 0 Å². The van der Waals surface area contributed by atoms with Crippen molar-refractivity contribution < 1.29 is 14.3 Å². The third-order valence-electron chi connectivity index (χ3n) is 2.85. The number of benzene rings is 2. The van der Waals surface area contributed by atoms with Crippen LogP contribution < -0.4 is 0 Å². The first-order valence-electron chi connectivity index (χ1n) is 5.57. The minimum absolute atomic E-state index is 0.247. The first-order valence-corrected chi connectivity index (χ1v) is 5.57. The van der Waals surface area contributed by atoms with E-state index in [9.17, 15) is 4.79 Å². The molecule has 1 aromatic heterocycles. The van der Waals surface area contributed by atoms with Gasteiger partial charge in [-0.3, -0.25) is 0 Å². The average molecular weight is 238 g/mol. The monoisotopic (exact) mass is 238 g/mol. The van der Waals surface area contributed by atoms with Gasteiger partial charge in [-0.05, 0) is 18.2 Å². The third kappa shape index (κ3) is 1.66. The summed E-state index contributed by atoms with van der Waals surface area (Å²) in [6.07, 6.45) is 0. The van der Waals surface area contributed by atoms with E-state index in [1.807, 2.05) is 30.3 Å². The van der Waals surface area contributed by atoms with Gasteiger partial charge in [0.05, 0.1) is 5.56 Å². The fourth-order valence-corrected chi connectivity index (χ4v) is 2.00. The Morgan fingerprint density at radius 3 is 2.50 bits per heavy atom. The van der Waals surface area contributed by atoms with Crippen molar-refractivity contribution in [3.8, 4) is 11.3 Å². The van der Waals surface area contributed by atoms with E-state index in [0.717, 1.165) is 11.0 Å². The van der Waals surface area contributed by atoms with Crippen molar-refractivity contribution in [3.63, 3.8) is 0 Å². The Balaban J connectivity index is 2.23. The molecule has 3 aromatic rings. The molecular formula is C15H10O3. The molecule has 0 amide bonds. The normalized spacial score (nSPS) is 10.7. The van der Waals surface area contributed by atoms with Crippen LogP contribution in [0.4, 0.5) is 0 Å². The summed E-state index contributed by atoms with van der Waals surface area (Å²) in [6.45, 7) is 0. The largest absolute Gasteiger partial charge is 0.478 e. The maximum absolute atomic E-state index is 11.2. The highest BCUT2D eigenvalue weighted by molar-refractivity contribution is 5.96. The summed E-state index contributed by atoms with van der Waals surface area (Å²) >= 11 is 0. The second-order valence-corrected chi connectivity index (χ2v) is 4.00.